The monoisotopic (exact) mass is 499 g/mol. The van der Waals surface area contributed by atoms with Crippen molar-refractivity contribution in [2.45, 2.75) is 26.6 Å². The second-order valence-electron chi connectivity index (χ2n) is 6.72. The van der Waals surface area contributed by atoms with Crippen molar-refractivity contribution < 1.29 is 27.1 Å². The van der Waals surface area contributed by atoms with Gasteiger partial charge in [-0.3, -0.25) is 9.48 Å². The molecule has 0 saturated heterocycles. The molecule has 2 aromatic carbocycles. The van der Waals surface area contributed by atoms with E-state index in [9.17, 15) is 22.4 Å². The van der Waals surface area contributed by atoms with Gasteiger partial charge in [0.1, 0.15) is 6.61 Å². The van der Waals surface area contributed by atoms with Gasteiger partial charge in [-0.15, -0.1) is 0 Å². The smallest absolute Gasteiger partial charge is 0.253 e. The average Bonchev–Trinajstić information content (AvgIpc) is 3.11. The Morgan fingerprint density at radius 2 is 1.74 bits per heavy atom. The maximum absolute atomic E-state index is 13.7. The fourth-order valence-electron chi connectivity index (χ4n) is 2.80. The number of carbonyl (C=O) groups is 1. The Morgan fingerprint density at radius 3 is 2.29 bits per heavy atom. The van der Waals surface area contributed by atoms with Gasteiger partial charge in [0.05, 0.1) is 16.7 Å². The van der Waals surface area contributed by atoms with Crippen LogP contribution in [0.5, 0.6) is 5.75 Å². The molecular formula is C21H18BrF4N3O2. The van der Waals surface area contributed by atoms with E-state index in [-0.39, 0.29) is 18.6 Å². The molecule has 0 radical (unpaired) electrons. The quantitative estimate of drug-likeness (QED) is 0.336. The van der Waals surface area contributed by atoms with Gasteiger partial charge in [-0.1, -0.05) is 12.1 Å². The van der Waals surface area contributed by atoms with E-state index in [0.717, 1.165) is 4.47 Å². The molecule has 0 aliphatic rings. The Bertz CT molecular complexity index is 1080. The maximum Gasteiger partial charge on any atom is 0.253 e. The molecule has 0 fully saturated rings. The molecule has 0 aliphatic heterocycles. The minimum Gasteiger partial charge on any atom is -0.483 e. The van der Waals surface area contributed by atoms with Gasteiger partial charge >= 0.3 is 0 Å². The Balaban J connectivity index is 1.66. The van der Waals surface area contributed by atoms with E-state index in [4.69, 9.17) is 4.74 Å². The summed E-state index contributed by atoms with van der Waals surface area (Å²) >= 11 is 3.42. The summed E-state index contributed by atoms with van der Waals surface area (Å²) in [6, 6.07) is 6.20. The summed E-state index contributed by atoms with van der Waals surface area (Å²) in [4.78, 5) is 14.2. The van der Waals surface area contributed by atoms with Gasteiger partial charge in [-0.25, -0.2) is 8.78 Å². The molecule has 1 aromatic heterocycles. The van der Waals surface area contributed by atoms with Crippen molar-refractivity contribution in [3.63, 3.8) is 0 Å². The van der Waals surface area contributed by atoms with Gasteiger partial charge in [0.25, 0.3) is 5.91 Å². The summed E-state index contributed by atoms with van der Waals surface area (Å²) in [5.74, 6) is -7.70. The topological polar surface area (TPSA) is 47.4 Å². The lowest BCUT2D eigenvalue weighted by Crippen LogP contribution is -2.26. The van der Waals surface area contributed by atoms with Crippen LogP contribution in [0.4, 0.5) is 17.6 Å². The first kappa shape index (κ1) is 22.8. The van der Waals surface area contributed by atoms with Crippen LogP contribution >= 0.6 is 15.9 Å². The number of hydrogen-bond acceptors (Lipinski definition) is 3. The predicted molar refractivity (Wildman–Crippen MR) is 108 cm³/mol. The summed E-state index contributed by atoms with van der Waals surface area (Å²) < 4.78 is 61.3. The molecule has 0 unspecified atom stereocenters. The zero-order valence-electron chi connectivity index (χ0n) is 16.6. The van der Waals surface area contributed by atoms with Crippen molar-refractivity contribution in [3.8, 4) is 5.75 Å². The van der Waals surface area contributed by atoms with Crippen molar-refractivity contribution in [2.24, 2.45) is 0 Å². The molecule has 0 bridgehead atoms. The molecule has 10 heteroatoms. The van der Waals surface area contributed by atoms with Crippen LogP contribution in [0.15, 0.2) is 41.0 Å². The lowest BCUT2D eigenvalue weighted by Gasteiger charge is -2.16. The Hall–Kier alpha value is -2.88. The zero-order chi connectivity index (χ0) is 22.7. The number of halogens is 5. The van der Waals surface area contributed by atoms with Crippen LogP contribution in [0.25, 0.3) is 0 Å². The third-order valence-corrected chi connectivity index (χ3v) is 5.16. The first-order chi connectivity index (χ1) is 14.7. The summed E-state index contributed by atoms with van der Waals surface area (Å²) in [6.07, 6.45) is 1.83. The summed E-state index contributed by atoms with van der Waals surface area (Å²) in [5.41, 5.74) is 1.55. The molecule has 3 aromatic rings. The molecule has 0 atom stereocenters. The van der Waals surface area contributed by atoms with E-state index >= 15 is 0 Å². The van der Waals surface area contributed by atoms with Crippen molar-refractivity contribution in [1.29, 1.82) is 0 Å². The molecule has 3 rings (SSSR count). The number of amides is 1. The Labute approximate surface area is 184 Å². The van der Waals surface area contributed by atoms with Gasteiger partial charge in [0, 0.05) is 31.4 Å². The van der Waals surface area contributed by atoms with Crippen molar-refractivity contribution in [3.05, 3.63) is 81.1 Å². The largest absolute Gasteiger partial charge is 0.483 e. The van der Waals surface area contributed by atoms with Crippen molar-refractivity contribution >= 4 is 21.8 Å². The number of carbonyl (C=O) groups excluding carboxylic acids is 1. The number of hydrogen-bond donors (Lipinski definition) is 0. The van der Waals surface area contributed by atoms with Crippen LogP contribution in [0.3, 0.4) is 0 Å². The highest BCUT2D eigenvalue weighted by Crippen LogP contribution is 2.27. The molecule has 1 amide bonds. The number of benzene rings is 2. The normalized spacial score (nSPS) is 10.9. The highest BCUT2D eigenvalue weighted by Gasteiger charge is 2.21. The first-order valence-corrected chi connectivity index (χ1v) is 10.0. The summed E-state index contributed by atoms with van der Waals surface area (Å²) in [5, 5.41) is 4.38. The van der Waals surface area contributed by atoms with Crippen LogP contribution in [0.2, 0.25) is 0 Å². The molecule has 0 aliphatic carbocycles. The second kappa shape index (κ2) is 9.51. The van der Waals surface area contributed by atoms with E-state index < -0.39 is 29.0 Å². The number of aryl methyl sites for hydroxylation is 1. The predicted octanol–water partition coefficient (Wildman–Crippen LogP) is 5.07. The highest BCUT2D eigenvalue weighted by molar-refractivity contribution is 9.10. The lowest BCUT2D eigenvalue weighted by molar-refractivity contribution is 0.0783. The van der Waals surface area contributed by atoms with Crippen LogP contribution in [-0.2, 0) is 19.7 Å². The minimum atomic E-state index is -1.61. The van der Waals surface area contributed by atoms with Crippen LogP contribution in [-0.4, -0.2) is 27.6 Å². The Morgan fingerprint density at radius 1 is 1.13 bits per heavy atom. The molecule has 31 heavy (non-hydrogen) atoms. The molecule has 0 N–H and O–H groups in total. The number of ether oxygens (including phenoxy) is 1. The van der Waals surface area contributed by atoms with E-state index in [1.165, 1.54) is 29.2 Å². The van der Waals surface area contributed by atoms with Crippen LogP contribution < -0.4 is 4.74 Å². The summed E-state index contributed by atoms with van der Waals surface area (Å²) in [6.45, 7) is 2.61. The zero-order valence-corrected chi connectivity index (χ0v) is 18.2. The SMILES string of the molecule is CCn1cc(Br)c(CN(C)C(=O)c2ccc(COc3c(F)c(F)cc(F)c3F)cc2)n1. The third-order valence-electron chi connectivity index (χ3n) is 4.50. The molecule has 0 saturated carbocycles. The number of aromatic nitrogens is 2. The second-order valence-corrected chi connectivity index (χ2v) is 7.58. The third kappa shape index (κ3) is 5.07. The van der Waals surface area contributed by atoms with Crippen molar-refractivity contribution in [1.82, 2.24) is 14.7 Å². The lowest BCUT2D eigenvalue weighted by atomic mass is 10.1. The molecule has 1 heterocycles. The molecule has 164 valence electrons. The van der Waals surface area contributed by atoms with E-state index in [1.807, 2.05) is 13.1 Å². The van der Waals surface area contributed by atoms with E-state index in [2.05, 4.69) is 21.0 Å². The maximum atomic E-state index is 13.7. The minimum absolute atomic E-state index is 0.111. The number of nitrogens with zero attached hydrogens (tertiary/aromatic N) is 3. The fraction of sp³-hybridized carbons (Fsp3) is 0.238. The van der Waals surface area contributed by atoms with Gasteiger partial charge in [-0.2, -0.15) is 13.9 Å². The molecule has 5 nitrogen and oxygen atoms in total. The first-order valence-electron chi connectivity index (χ1n) is 9.23. The van der Waals surface area contributed by atoms with Gasteiger partial charge in [-0.05, 0) is 40.5 Å². The average molecular weight is 500 g/mol. The highest BCUT2D eigenvalue weighted by atomic mass is 79.9. The molecule has 0 spiro atoms. The van der Waals surface area contributed by atoms with Gasteiger partial charge < -0.3 is 9.64 Å². The standard InChI is InChI=1S/C21H18BrF4N3O2/c1-3-29-9-14(22)17(27-29)10-28(2)21(30)13-6-4-12(5-7-13)11-31-20-18(25)15(23)8-16(24)19(20)26/h4-9H,3,10-11H2,1-2H3. The molecular weight excluding hydrogens is 482 g/mol. The Kier molecular flexibility index (Phi) is 6.99. The van der Waals surface area contributed by atoms with Crippen LogP contribution in [0.1, 0.15) is 28.5 Å². The number of rotatable bonds is 7. The summed E-state index contributed by atoms with van der Waals surface area (Å²) in [7, 11) is 1.64. The van der Waals surface area contributed by atoms with Gasteiger partial charge in [0.2, 0.25) is 11.6 Å². The van der Waals surface area contributed by atoms with Crippen molar-refractivity contribution in [2.75, 3.05) is 7.05 Å². The van der Waals surface area contributed by atoms with Crippen LogP contribution in [0, 0.1) is 23.3 Å². The van der Waals surface area contributed by atoms with E-state index in [0.29, 0.717) is 29.9 Å². The fourth-order valence-corrected chi connectivity index (χ4v) is 3.24. The van der Waals surface area contributed by atoms with Gasteiger partial charge in [0.15, 0.2) is 17.4 Å². The van der Waals surface area contributed by atoms with E-state index in [1.54, 1.807) is 11.7 Å².